The Morgan fingerprint density at radius 1 is 1.44 bits per heavy atom. The van der Waals surface area contributed by atoms with Crippen molar-refractivity contribution in [3.63, 3.8) is 0 Å². The summed E-state index contributed by atoms with van der Waals surface area (Å²) in [5, 5.41) is 2.64. The molecule has 1 unspecified atom stereocenters. The van der Waals surface area contributed by atoms with Crippen molar-refractivity contribution in [1.82, 2.24) is 10.2 Å². The number of nitrogens with one attached hydrogen (secondary N) is 1. The van der Waals surface area contributed by atoms with Gasteiger partial charge in [-0.2, -0.15) is 13.2 Å². The van der Waals surface area contributed by atoms with E-state index < -0.39 is 24.7 Å². The lowest BCUT2D eigenvalue weighted by Crippen LogP contribution is -2.47. The third kappa shape index (κ3) is 7.50. The highest BCUT2D eigenvalue weighted by molar-refractivity contribution is 5.81. The minimum absolute atomic E-state index is 0.0460. The normalized spacial score (nSPS) is 13.4. The number of ether oxygens (including phenoxy) is 1. The first-order chi connectivity index (χ1) is 8.31. The predicted octanol–water partition coefficient (Wildman–Crippen LogP) is 1.41. The largest absolute Gasteiger partial charge is 0.406 e. The van der Waals surface area contributed by atoms with E-state index in [1.165, 1.54) is 14.0 Å². The van der Waals surface area contributed by atoms with Gasteiger partial charge in [0.15, 0.2) is 0 Å². The first-order valence-corrected chi connectivity index (χ1v) is 5.92. The average molecular weight is 270 g/mol. The Morgan fingerprint density at radius 2 is 2.06 bits per heavy atom. The van der Waals surface area contributed by atoms with E-state index in [9.17, 15) is 18.0 Å². The second kappa shape index (κ2) is 8.31. The number of amides is 1. The molecule has 18 heavy (non-hydrogen) atoms. The van der Waals surface area contributed by atoms with Gasteiger partial charge in [0.05, 0.1) is 6.04 Å². The van der Waals surface area contributed by atoms with Crippen LogP contribution in [0.15, 0.2) is 0 Å². The Bertz CT molecular complexity index is 247. The monoisotopic (exact) mass is 270 g/mol. The van der Waals surface area contributed by atoms with Crippen LogP contribution in [-0.2, 0) is 9.53 Å². The number of hydrogen-bond acceptors (Lipinski definition) is 3. The summed E-state index contributed by atoms with van der Waals surface area (Å²) in [6.45, 7) is 3.04. The number of carbonyl (C=O) groups excluding carboxylic acids is 1. The molecule has 0 radical (unpaired) electrons. The predicted molar refractivity (Wildman–Crippen MR) is 62.3 cm³/mol. The van der Waals surface area contributed by atoms with Crippen LogP contribution in [0.25, 0.3) is 0 Å². The second-order valence-electron chi connectivity index (χ2n) is 3.94. The minimum atomic E-state index is -4.38. The van der Waals surface area contributed by atoms with Gasteiger partial charge in [-0.15, -0.1) is 0 Å². The molecule has 1 atom stereocenters. The van der Waals surface area contributed by atoms with E-state index in [1.807, 2.05) is 6.92 Å². The molecule has 0 aliphatic rings. The molecule has 0 spiro atoms. The Hall–Kier alpha value is -0.820. The molecule has 1 amide bonds. The van der Waals surface area contributed by atoms with Crippen LogP contribution < -0.4 is 5.32 Å². The summed E-state index contributed by atoms with van der Waals surface area (Å²) in [6, 6.07) is -0.626. The molecule has 0 saturated heterocycles. The highest BCUT2D eigenvalue weighted by Gasteiger charge is 2.33. The zero-order valence-electron chi connectivity index (χ0n) is 11.0. The summed E-state index contributed by atoms with van der Waals surface area (Å²) in [7, 11) is 1.54. The first-order valence-electron chi connectivity index (χ1n) is 5.92. The molecular formula is C11H21F3N2O2. The lowest BCUT2D eigenvalue weighted by molar-refractivity contribution is -0.162. The number of halogens is 3. The molecular weight excluding hydrogens is 249 g/mol. The Labute approximate surface area is 105 Å². The topological polar surface area (TPSA) is 41.6 Å². The maximum Gasteiger partial charge on any atom is 0.406 e. The third-order valence-electron chi connectivity index (χ3n) is 2.41. The van der Waals surface area contributed by atoms with Gasteiger partial charge in [-0.05, 0) is 27.3 Å². The highest BCUT2D eigenvalue weighted by Crippen LogP contribution is 2.17. The van der Waals surface area contributed by atoms with Crippen molar-refractivity contribution in [2.45, 2.75) is 32.5 Å². The maximum absolute atomic E-state index is 12.4. The van der Waals surface area contributed by atoms with Crippen LogP contribution in [-0.4, -0.2) is 56.4 Å². The molecule has 108 valence electrons. The summed E-state index contributed by atoms with van der Waals surface area (Å²) < 4.78 is 42.1. The number of likely N-dealkylation sites (N-methyl/N-ethyl adjacent to an activating group) is 1. The van der Waals surface area contributed by atoms with Crippen molar-refractivity contribution in [2.75, 3.05) is 33.4 Å². The average Bonchev–Trinajstić information content (AvgIpc) is 2.29. The van der Waals surface area contributed by atoms with Crippen molar-refractivity contribution in [1.29, 1.82) is 0 Å². The van der Waals surface area contributed by atoms with Crippen LogP contribution in [0.3, 0.4) is 0 Å². The van der Waals surface area contributed by atoms with Gasteiger partial charge in [-0.25, -0.2) is 0 Å². The van der Waals surface area contributed by atoms with Crippen LogP contribution in [0.5, 0.6) is 0 Å². The van der Waals surface area contributed by atoms with E-state index in [2.05, 4.69) is 5.32 Å². The van der Waals surface area contributed by atoms with Crippen LogP contribution in [0.4, 0.5) is 13.2 Å². The molecule has 1 N–H and O–H groups in total. The fourth-order valence-corrected chi connectivity index (χ4v) is 1.38. The molecule has 0 heterocycles. The van der Waals surface area contributed by atoms with Gasteiger partial charge < -0.3 is 15.0 Å². The summed E-state index contributed by atoms with van der Waals surface area (Å²) in [5.41, 5.74) is 0. The lowest BCUT2D eigenvalue weighted by Gasteiger charge is -2.26. The molecule has 4 nitrogen and oxygen atoms in total. The second-order valence-corrected chi connectivity index (χ2v) is 3.94. The van der Waals surface area contributed by atoms with Gasteiger partial charge in [0.1, 0.15) is 6.54 Å². The smallest absolute Gasteiger partial charge is 0.382 e. The third-order valence-corrected chi connectivity index (χ3v) is 2.41. The molecule has 7 heteroatoms. The van der Waals surface area contributed by atoms with Crippen molar-refractivity contribution >= 4 is 5.91 Å². The minimum Gasteiger partial charge on any atom is -0.382 e. The van der Waals surface area contributed by atoms with Crippen LogP contribution >= 0.6 is 0 Å². The summed E-state index contributed by atoms with van der Waals surface area (Å²) in [5.74, 6) is -0.550. The number of carbonyl (C=O) groups is 1. The molecule has 0 aromatic heterocycles. The van der Waals surface area contributed by atoms with E-state index in [0.29, 0.717) is 19.6 Å². The van der Waals surface area contributed by atoms with Crippen LogP contribution in [0.1, 0.15) is 20.3 Å². The van der Waals surface area contributed by atoms with Crippen LogP contribution in [0.2, 0.25) is 0 Å². The number of alkyl halides is 3. The quantitative estimate of drug-likeness (QED) is 0.678. The van der Waals surface area contributed by atoms with Gasteiger partial charge in [-0.1, -0.05) is 0 Å². The SMILES string of the molecule is CCOCCCN(CC(F)(F)F)C(=O)C(C)NC. The van der Waals surface area contributed by atoms with E-state index in [-0.39, 0.29) is 6.54 Å². The van der Waals surface area contributed by atoms with Crippen molar-refractivity contribution in [3.05, 3.63) is 0 Å². The molecule has 0 saturated carbocycles. The lowest BCUT2D eigenvalue weighted by atomic mass is 10.2. The van der Waals surface area contributed by atoms with Gasteiger partial charge >= 0.3 is 6.18 Å². The summed E-state index contributed by atoms with van der Waals surface area (Å²) >= 11 is 0. The molecule has 0 aromatic carbocycles. The number of nitrogens with zero attached hydrogens (tertiary/aromatic N) is 1. The molecule has 0 fully saturated rings. The molecule has 0 rings (SSSR count). The highest BCUT2D eigenvalue weighted by atomic mass is 19.4. The van der Waals surface area contributed by atoms with Crippen LogP contribution in [0, 0.1) is 0 Å². The fraction of sp³-hybridized carbons (Fsp3) is 0.909. The number of hydrogen-bond donors (Lipinski definition) is 1. The molecule has 0 aliphatic carbocycles. The first kappa shape index (κ1) is 17.2. The zero-order chi connectivity index (χ0) is 14.2. The zero-order valence-corrected chi connectivity index (χ0v) is 11.0. The number of rotatable bonds is 8. The van der Waals surface area contributed by atoms with Gasteiger partial charge in [0.25, 0.3) is 0 Å². The van der Waals surface area contributed by atoms with E-state index in [0.717, 1.165) is 4.90 Å². The van der Waals surface area contributed by atoms with Crippen molar-refractivity contribution in [2.24, 2.45) is 0 Å². The molecule has 0 bridgehead atoms. The van der Waals surface area contributed by atoms with E-state index in [4.69, 9.17) is 4.74 Å². The van der Waals surface area contributed by atoms with Gasteiger partial charge in [0, 0.05) is 19.8 Å². The molecule has 0 aliphatic heterocycles. The molecule has 0 aromatic rings. The van der Waals surface area contributed by atoms with Gasteiger partial charge in [0.2, 0.25) is 5.91 Å². The summed E-state index contributed by atoms with van der Waals surface area (Å²) in [6.07, 6.45) is -3.99. The Morgan fingerprint density at radius 3 is 2.50 bits per heavy atom. The van der Waals surface area contributed by atoms with E-state index in [1.54, 1.807) is 0 Å². The standard InChI is InChI=1S/C11H21F3N2O2/c1-4-18-7-5-6-16(8-11(12,13)14)10(17)9(2)15-3/h9,15H,4-8H2,1-3H3. The van der Waals surface area contributed by atoms with Gasteiger partial charge in [-0.3, -0.25) is 4.79 Å². The summed E-state index contributed by atoms with van der Waals surface area (Å²) in [4.78, 5) is 12.6. The van der Waals surface area contributed by atoms with Crippen molar-refractivity contribution < 1.29 is 22.7 Å². The van der Waals surface area contributed by atoms with E-state index >= 15 is 0 Å². The fourth-order valence-electron chi connectivity index (χ4n) is 1.38. The maximum atomic E-state index is 12.4. The Balaban J connectivity index is 4.38. The van der Waals surface area contributed by atoms with Crippen molar-refractivity contribution in [3.8, 4) is 0 Å². The Kier molecular flexibility index (Phi) is 7.93.